The van der Waals surface area contributed by atoms with Crippen molar-refractivity contribution in [3.8, 4) is 11.5 Å². The molecule has 0 aliphatic heterocycles. The predicted octanol–water partition coefficient (Wildman–Crippen LogP) is 1.24. The van der Waals surface area contributed by atoms with E-state index in [0.717, 1.165) is 0 Å². The Balaban J connectivity index is 3.30. The molecule has 0 saturated carbocycles. The van der Waals surface area contributed by atoms with E-state index >= 15 is 0 Å². The summed E-state index contributed by atoms with van der Waals surface area (Å²) in [5.41, 5.74) is 0. The third-order valence-electron chi connectivity index (χ3n) is 1.23. The molecule has 0 fully saturated rings. The molecule has 0 aliphatic carbocycles. The number of phenolic OH excluding ortho intramolecular Hbond substituents is 1. The van der Waals surface area contributed by atoms with Gasteiger partial charge in [-0.2, -0.15) is 0 Å². The number of rotatable bonds is 3. The van der Waals surface area contributed by atoms with E-state index < -0.39 is 47.7 Å². The largest absolute Gasteiger partial charge is 0.508 e. The number of carboxylic acids is 1. The van der Waals surface area contributed by atoms with Crippen molar-refractivity contribution in [3.05, 3.63) is 24.2 Å². The Hall–Kier alpha value is -1.71. The molecule has 0 heterocycles. The highest BCUT2D eigenvalue weighted by Gasteiger charge is 2.11. The van der Waals surface area contributed by atoms with Crippen molar-refractivity contribution in [1.82, 2.24) is 0 Å². The van der Waals surface area contributed by atoms with Gasteiger partial charge in [-0.15, -0.1) is 0 Å². The molecule has 1 aromatic carbocycles. The van der Waals surface area contributed by atoms with Crippen molar-refractivity contribution in [2.24, 2.45) is 0 Å². The fraction of sp³-hybridized carbons (Fsp3) is 0.222. The zero-order valence-electron chi connectivity index (χ0n) is 10.8. The van der Waals surface area contributed by atoms with Crippen molar-refractivity contribution >= 4 is 5.97 Å². The molecule has 1 rings (SSSR count). The summed E-state index contributed by atoms with van der Waals surface area (Å²) in [5.74, 6) is -2.59. The first-order valence-electron chi connectivity index (χ1n) is 5.46. The van der Waals surface area contributed by atoms with Gasteiger partial charge in [-0.3, -0.25) is 0 Å². The number of carbonyl (C=O) groups is 1. The van der Waals surface area contributed by atoms with Crippen LogP contribution in [0.4, 0.5) is 0 Å². The Morgan fingerprint density at radius 3 is 2.54 bits per heavy atom. The molecular formula is C9H10O4. The second kappa shape index (κ2) is 3.80. The molecule has 0 aromatic heterocycles. The molecular weight excluding hydrogens is 172 g/mol. The van der Waals surface area contributed by atoms with Crippen LogP contribution in [0.15, 0.2) is 24.2 Å². The van der Waals surface area contributed by atoms with E-state index in [1.807, 2.05) is 0 Å². The molecule has 0 radical (unpaired) electrons. The molecule has 0 aliphatic rings. The Kier molecular flexibility index (Phi) is 1.49. The van der Waals surface area contributed by atoms with Crippen LogP contribution in [-0.2, 0) is 4.79 Å². The average molecular weight is 186 g/mol. The van der Waals surface area contributed by atoms with Crippen LogP contribution in [0.2, 0.25) is 0 Å². The highest BCUT2D eigenvalue weighted by molar-refractivity contribution is 5.72. The van der Waals surface area contributed by atoms with Crippen LogP contribution in [0.1, 0.15) is 12.4 Å². The van der Waals surface area contributed by atoms with Crippen LogP contribution < -0.4 is 4.74 Å². The average Bonchev–Trinajstić information content (AvgIpc) is 2.29. The predicted molar refractivity (Wildman–Crippen MR) is 45.8 cm³/mol. The van der Waals surface area contributed by atoms with Crippen molar-refractivity contribution in [3.63, 3.8) is 0 Å². The fourth-order valence-electron chi connectivity index (χ4n) is 0.581. The monoisotopic (exact) mass is 186 g/mol. The van der Waals surface area contributed by atoms with Gasteiger partial charge in [-0.05, 0) is 31.1 Å². The van der Waals surface area contributed by atoms with E-state index in [2.05, 4.69) is 0 Å². The number of aromatic hydroxyl groups is 1. The molecule has 13 heavy (non-hydrogen) atoms. The Labute approximate surface area is 81.0 Å². The topological polar surface area (TPSA) is 66.8 Å². The lowest BCUT2D eigenvalue weighted by atomic mass is 10.3. The normalized spacial score (nSPS) is 16.4. The molecule has 4 heteroatoms. The Morgan fingerprint density at radius 2 is 2.08 bits per heavy atom. The quantitative estimate of drug-likeness (QED) is 0.745. The molecule has 0 bridgehead atoms. The van der Waals surface area contributed by atoms with Crippen LogP contribution in [0.25, 0.3) is 0 Å². The number of ether oxygens (including phenoxy) is 1. The highest BCUT2D eigenvalue weighted by Crippen LogP contribution is 2.16. The Morgan fingerprint density at radius 1 is 1.54 bits per heavy atom. The fourth-order valence-corrected chi connectivity index (χ4v) is 0.581. The molecule has 0 amide bonds. The maximum Gasteiger partial charge on any atom is 0.344 e. The lowest BCUT2D eigenvalue weighted by Gasteiger charge is -2.09. The number of phenols is 1. The number of hydrogen-bond acceptors (Lipinski definition) is 3. The summed E-state index contributed by atoms with van der Waals surface area (Å²) in [6.45, 7) is 1.20. The van der Waals surface area contributed by atoms with E-state index in [0.29, 0.717) is 0 Å². The number of benzene rings is 1. The summed E-state index contributed by atoms with van der Waals surface area (Å²) in [6, 6.07) is -2.56. The van der Waals surface area contributed by atoms with Crippen molar-refractivity contribution in [2.75, 3.05) is 0 Å². The van der Waals surface area contributed by atoms with Crippen molar-refractivity contribution < 1.29 is 25.2 Å². The van der Waals surface area contributed by atoms with Crippen LogP contribution >= 0.6 is 0 Å². The summed E-state index contributed by atoms with van der Waals surface area (Å²) < 4.78 is 34.3. The molecule has 4 nitrogen and oxygen atoms in total. The molecule has 1 unspecified atom stereocenters. The van der Waals surface area contributed by atoms with Gasteiger partial charge in [0.15, 0.2) is 6.10 Å². The first kappa shape index (κ1) is 5.11. The van der Waals surface area contributed by atoms with Gasteiger partial charge in [-0.1, -0.05) is 0 Å². The first-order chi connectivity index (χ1) is 7.77. The molecule has 1 aromatic rings. The van der Waals surface area contributed by atoms with E-state index in [9.17, 15) is 9.90 Å². The maximum absolute atomic E-state index is 10.6. The van der Waals surface area contributed by atoms with Crippen LogP contribution in [-0.4, -0.2) is 22.3 Å². The third kappa shape index (κ3) is 2.66. The van der Waals surface area contributed by atoms with E-state index in [4.69, 9.17) is 15.3 Å². The van der Waals surface area contributed by atoms with E-state index in [1.165, 1.54) is 6.92 Å². The van der Waals surface area contributed by atoms with Gasteiger partial charge in [0.25, 0.3) is 0 Å². The summed E-state index contributed by atoms with van der Waals surface area (Å²) in [5, 5.41) is 17.9. The summed E-state index contributed by atoms with van der Waals surface area (Å²) in [6.07, 6.45) is -1.31. The molecule has 0 saturated heterocycles. The van der Waals surface area contributed by atoms with Gasteiger partial charge in [0.05, 0.1) is 5.48 Å². The van der Waals surface area contributed by atoms with Gasteiger partial charge >= 0.3 is 5.97 Å². The maximum atomic E-state index is 10.6. The zero-order chi connectivity index (χ0) is 13.3. The second-order valence-electron chi connectivity index (χ2n) is 2.28. The minimum atomic E-state index is -1.31. The lowest BCUT2D eigenvalue weighted by Crippen LogP contribution is -2.22. The zero-order valence-corrected chi connectivity index (χ0v) is 6.79. The number of aliphatic carboxylic acids is 1. The smallest absolute Gasteiger partial charge is 0.344 e. The molecule has 1 atom stereocenters. The highest BCUT2D eigenvalue weighted by atomic mass is 16.5. The second-order valence-corrected chi connectivity index (χ2v) is 2.28. The number of carboxylic acid groups (broad SMARTS) is 1. The van der Waals surface area contributed by atoms with Crippen molar-refractivity contribution in [2.45, 2.75) is 13.0 Å². The SMILES string of the molecule is [2H]c1c([2H])c(OC(C)C(=O)O)c([2H])c([2H])c1O. The van der Waals surface area contributed by atoms with Gasteiger partial charge in [0.2, 0.25) is 0 Å². The van der Waals surface area contributed by atoms with Crippen LogP contribution in [0, 0.1) is 0 Å². The number of hydrogen-bond donors (Lipinski definition) is 2. The summed E-state index contributed by atoms with van der Waals surface area (Å²) in [7, 11) is 0. The van der Waals surface area contributed by atoms with E-state index in [-0.39, 0.29) is 0 Å². The molecule has 0 spiro atoms. The summed E-state index contributed by atoms with van der Waals surface area (Å²) >= 11 is 0. The minimum Gasteiger partial charge on any atom is -0.508 e. The minimum absolute atomic E-state index is 0.493. The molecule has 70 valence electrons. The standard InChI is InChI=1S/C9H10O4/c1-6(9(11)12)13-8-4-2-7(10)3-5-8/h2-6,10H,1H3,(H,11,12)/i2D,3D,4D,5D. The molecule has 2 N–H and O–H groups in total. The summed E-state index contributed by atoms with van der Waals surface area (Å²) in [4.78, 5) is 10.6. The van der Waals surface area contributed by atoms with Gasteiger partial charge in [0, 0.05) is 0 Å². The van der Waals surface area contributed by atoms with Gasteiger partial charge in [0.1, 0.15) is 11.5 Å². The Bertz CT molecular complexity index is 446. The van der Waals surface area contributed by atoms with Crippen molar-refractivity contribution in [1.29, 1.82) is 0 Å². The van der Waals surface area contributed by atoms with Crippen LogP contribution in [0.5, 0.6) is 11.5 Å². The van der Waals surface area contributed by atoms with E-state index in [1.54, 1.807) is 0 Å². The third-order valence-corrected chi connectivity index (χ3v) is 1.23. The van der Waals surface area contributed by atoms with Crippen LogP contribution in [0.3, 0.4) is 0 Å². The lowest BCUT2D eigenvalue weighted by molar-refractivity contribution is -0.144. The van der Waals surface area contributed by atoms with Gasteiger partial charge in [-0.25, -0.2) is 4.79 Å². The van der Waals surface area contributed by atoms with Gasteiger partial charge < -0.3 is 14.9 Å². The first-order valence-corrected chi connectivity index (χ1v) is 3.46.